The molecule has 1 fully saturated rings. The third-order valence-corrected chi connectivity index (χ3v) is 7.35. The summed E-state index contributed by atoms with van der Waals surface area (Å²) in [6.45, 7) is 2.08. The number of nitrogens with zero attached hydrogens (tertiary/aromatic N) is 1. The summed E-state index contributed by atoms with van der Waals surface area (Å²) in [6.07, 6.45) is 3.83. The Hall–Kier alpha value is -2.25. The highest BCUT2D eigenvalue weighted by atomic mass is 32.2. The van der Waals surface area contributed by atoms with Crippen molar-refractivity contribution in [1.82, 2.24) is 4.72 Å². The lowest BCUT2D eigenvalue weighted by molar-refractivity contribution is -0.116. The van der Waals surface area contributed by atoms with Crippen LogP contribution in [0.15, 0.2) is 47.4 Å². The van der Waals surface area contributed by atoms with Crippen LogP contribution < -0.4 is 9.62 Å². The lowest BCUT2D eigenvalue weighted by Crippen LogP contribution is -2.43. The summed E-state index contributed by atoms with van der Waals surface area (Å²) in [7, 11) is -3.77. The van der Waals surface area contributed by atoms with Crippen molar-refractivity contribution in [3.8, 4) is 0 Å². The molecule has 1 aliphatic heterocycles. The molecule has 1 aliphatic carbocycles. The zero-order valence-corrected chi connectivity index (χ0v) is 16.6. The average Bonchev–Trinajstić information content (AvgIpc) is 3.29. The molecule has 0 spiro atoms. The van der Waals surface area contributed by atoms with Gasteiger partial charge in [0.1, 0.15) is 5.82 Å². The Balaban J connectivity index is 1.67. The number of carbonyl (C=O) groups excluding carboxylic acids is 1. The molecule has 0 saturated heterocycles. The van der Waals surface area contributed by atoms with Gasteiger partial charge in [-0.05, 0) is 60.7 Å². The van der Waals surface area contributed by atoms with Gasteiger partial charge in [0.2, 0.25) is 15.9 Å². The largest absolute Gasteiger partial charge is 0.312 e. The van der Waals surface area contributed by atoms with Crippen LogP contribution in [-0.4, -0.2) is 20.9 Å². The molecule has 0 unspecified atom stereocenters. The van der Waals surface area contributed by atoms with Gasteiger partial charge >= 0.3 is 0 Å². The molecule has 0 bridgehead atoms. The molecule has 1 amide bonds. The first-order valence-electron chi connectivity index (χ1n) is 9.52. The number of sulfonamides is 1. The Labute approximate surface area is 164 Å². The van der Waals surface area contributed by atoms with E-state index in [0.29, 0.717) is 25.8 Å². The van der Waals surface area contributed by atoms with Crippen molar-refractivity contribution >= 4 is 21.6 Å². The zero-order valence-electron chi connectivity index (χ0n) is 15.7. The minimum atomic E-state index is -3.77. The fraction of sp³-hybridized carbons (Fsp3) is 0.381. The molecule has 2 aliphatic rings. The van der Waals surface area contributed by atoms with Gasteiger partial charge in [-0.25, -0.2) is 17.5 Å². The predicted molar refractivity (Wildman–Crippen MR) is 105 cm³/mol. The lowest BCUT2D eigenvalue weighted by Gasteiger charge is -2.31. The average molecular weight is 402 g/mol. The number of nitrogens with one attached hydrogen (secondary N) is 1. The molecule has 148 valence electrons. The predicted octanol–water partition coefficient (Wildman–Crippen LogP) is 3.48. The third kappa shape index (κ3) is 3.33. The van der Waals surface area contributed by atoms with Crippen molar-refractivity contribution in [3.63, 3.8) is 0 Å². The maximum atomic E-state index is 13.4. The number of rotatable bonds is 4. The molecule has 1 heterocycles. The van der Waals surface area contributed by atoms with Crippen LogP contribution in [0.25, 0.3) is 0 Å². The van der Waals surface area contributed by atoms with Gasteiger partial charge in [-0.2, -0.15) is 0 Å². The SMILES string of the molecule is CC(=O)N1CCc2cc(S(=O)(=O)NC3(c4ccc(F)cc4)CCCC3)ccc21. The van der Waals surface area contributed by atoms with Gasteiger partial charge in [0.15, 0.2) is 0 Å². The Morgan fingerprint density at radius 2 is 1.79 bits per heavy atom. The quantitative estimate of drug-likeness (QED) is 0.851. The molecule has 2 aromatic carbocycles. The van der Waals surface area contributed by atoms with Crippen LogP contribution in [0.2, 0.25) is 0 Å². The monoisotopic (exact) mass is 402 g/mol. The fourth-order valence-corrected chi connectivity index (χ4v) is 5.88. The molecule has 7 heteroatoms. The van der Waals surface area contributed by atoms with Crippen LogP contribution in [0.1, 0.15) is 43.7 Å². The van der Waals surface area contributed by atoms with E-state index in [2.05, 4.69) is 4.72 Å². The van der Waals surface area contributed by atoms with Gasteiger partial charge in [0.25, 0.3) is 0 Å². The van der Waals surface area contributed by atoms with E-state index in [4.69, 9.17) is 0 Å². The highest BCUT2D eigenvalue weighted by Gasteiger charge is 2.40. The highest BCUT2D eigenvalue weighted by molar-refractivity contribution is 7.89. The van der Waals surface area contributed by atoms with Crippen LogP contribution >= 0.6 is 0 Å². The third-order valence-electron chi connectivity index (χ3n) is 5.82. The van der Waals surface area contributed by atoms with E-state index in [1.54, 1.807) is 35.2 Å². The van der Waals surface area contributed by atoms with Gasteiger partial charge in [-0.3, -0.25) is 4.79 Å². The molecule has 0 aromatic heterocycles. The number of fused-ring (bicyclic) bond motifs is 1. The van der Waals surface area contributed by atoms with Crippen molar-refractivity contribution in [3.05, 3.63) is 59.4 Å². The van der Waals surface area contributed by atoms with Crippen LogP contribution in [0, 0.1) is 5.82 Å². The van der Waals surface area contributed by atoms with E-state index in [0.717, 1.165) is 29.7 Å². The number of anilines is 1. The lowest BCUT2D eigenvalue weighted by atomic mass is 9.89. The molecule has 1 N–H and O–H groups in total. The first-order valence-corrected chi connectivity index (χ1v) is 11.0. The van der Waals surface area contributed by atoms with E-state index >= 15 is 0 Å². The molecule has 1 saturated carbocycles. The second-order valence-corrected chi connectivity index (χ2v) is 9.30. The summed E-state index contributed by atoms with van der Waals surface area (Å²) < 4.78 is 42.6. The Morgan fingerprint density at radius 1 is 1.11 bits per heavy atom. The van der Waals surface area contributed by atoms with Gasteiger partial charge in [0.05, 0.1) is 10.4 Å². The molecule has 0 radical (unpaired) electrons. The highest BCUT2D eigenvalue weighted by Crippen LogP contribution is 2.40. The Morgan fingerprint density at radius 3 is 2.43 bits per heavy atom. The summed E-state index contributed by atoms with van der Waals surface area (Å²) in [5.74, 6) is -0.387. The summed E-state index contributed by atoms with van der Waals surface area (Å²) in [4.78, 5) is 13.6. The van der Waals surface area contributed by atoms with Crippen molar-refractivity contribution in [2.45, 2.75) is 49.5 Å². The molecule has 2 aromatic rings. The molecular formula is C21H23FN2O3S. The standard InChI is InChI=1S/C21H23FN2O3S/c1-15(25)24-13-10-16-14-19(8-9-20(16)24)28(26,27)23-21(11-2-3-12-21)17-4-6-18(22)7-5-17/h4-9,14,23H,2-3,10-13H2,1H3. The van der Waals surface area contributed by atoms with Crippen molar-refractivity contribution in [1.29, 1.82) is 0 Å². The van der Waals surface area contributed by atoms with Gasteiger partial charge in [-0.1, -0.05) is 25.0 Å². The first-order chi connectivity index (χ1) is 13.3. The molecule has 28 heavy (non-hydrogen) atoms. The topological polar surface area (TPSA) is 66.5 Å². The van der Waals surface area contributed by atoms with E-state index in [1.165, 1.54) is 19.1 Å². The minimum absolute atomic E-state index is 0.0475. The molecular weight excluding hydrogens is 379 g/mol. The van der Waals surface area contributed by atoms with Crippen molar-refractivity contribution in [2.24, 2.45) is 0 Å². The summed E-state index contributed by atoms with van der Waals surface area (Å²) in [6, 6.07) is 11.0. The van der Waals surface area contributed by atoms with E-state index < -0.39 is 15.6 Å². The number of hydrogen-bond donors (Lipinski definition) is 1. The minimum Gasteiger partial charge on any atom is -0.312 e. The Kier molecular flexibility index (Phi) is 4.75. The first kappa shape index (κ1) is 19.1. The number of hydrogen-bond acceptors (Lipinski definition) is 3. The van der Waals surface area contributed by atoms with Crippen LogP contribution in [0.3, 0.4) is 0 Å². The van der Waals surface area contributed by atoms with Crippen molar-refractivity contribution in [2.75, 3.05) is 11.4 Å². The zero-order chi connectivity index (χ0) is 19.9. The molecule has 5 nitrogen and oxygen atoms in total. The second kappa shape index (κ2) is 6.97. The summed E-state index contributed by atoms with van der Waals surface area (Å²) in [5, 5.41) is 0. The van der Waals surface area contributed by atoms with Crippen molar-refractivity contribution < 1.29 is 17.6 Å². The maximum Gasteiger partial charge on any atom is 0.241 e. The number of benzene rings is 2. The van der Waals surface area contributed by atoms with Crippen LogP contribution in [-0.2, 0) is 26.8 Å². The van der Waals surface area contributed by atoms with E-state index in [-0.39, 0.29) is 16.6 Å². The number of carbonyl (C=O) groups is 1. The fourth-order valence-electron chi connectivity index (χ4n) is 4.39. The number of halogens is 1. The number of amides is 1. The maximum absolute atomic E-state index is 13.4. The van der Waals surface area contributed by atoms with Gasteiger partial charge in [0, 0.05) is 19.2 Å². The summed E-state index contributed by atoms with van der Waals surface area (Å²) in [5.41, 5.74) is 1.72. The van der Waals surface area contributed by atoms with Gasteiger partial charge in [-0.15, -0.1) is 0 Å². The van der Waals surface area contributed by atoms with Crippen LogP contribution in [0.4, 0.5) is 10.1 Å². The summed E-state index contributed by atoms with van der Waals surface area (Å²) >= 11 is 0. The van der Waals surface area contributed by atoms with E-state index in [9.17, 15) is 17.6 Å². The molecule has 4 rings (SSSR count). The van der Waals surface area contributed by atoms with Gasteiger partial charge < -0.3 is 4.90 Å². The normalized spacial score (nSPS) is 18.3. The Bertz CT molecular complexity index is 1010. The smallest absolute Gasteiger partial charge is 0.241 e. The second-order valence-electron chi connectivity index (χ2n) is 7.61. The van der Waals surface area contributed by atoms with E-state index in [1.807, 2.05) is 0 Å². The molecule has 0 atom stereocenters. The van der Waals surface area contributed by atoms with Crippen LogP contribution in [0.5, 0.6) is 0 Å².